The lowest BCUT2D eigenvalue weighted by Gasteiger charge is -2.32. The highest BCUT2D eigenvalue weighted by Crippen LogP contribution is 2.60. The summed E-state index contributed by atoms with van der Waals surface area (Å²) < 4.78 is 17.9. The average molecular weight is 384 g/mol. The predicted molar refractivity (Wildman–Crippen MR) is 109 cm³/mol. The molecule has 150 valence electrons. The van der Waals surface area contributed by atoms with Crippen LogP contribution in [0, 0.1) is 11.8 Å². The maximum Gasteiger partial charge on any atom is 0.335 e. The fourth-order valence-corrected chi connectivity index (χ4v) is 4.81. The Morgan fingerprint density at radius 3 is 2.04 bits per heavy atom. The van der Waals surface area contributed by atoms with Gasteiger partial charge in [-0.3, -0.25) is 4.57 Å². The molecule has 1 aromatic rings. The van der Waals surface area contributed by atoms with Crippen molar-refractivity contribution in [1.29, 1.82) is 0 Å². The first-order valence-electron chi connectivity index (χ1n) is 9.95. The van der Waals surface area contributed by atoms with Gasteiger partial charge in [-0.2, -0.15) is 0 Å². The quantitative estimate of drug-likeness (QED) is 0.427. The first kappa shape index (κ1) is 23.2. The van der Waals surface area contributed by atoms with Crippen LogP contribution in [0.1, 0.15) is 78.7 Å². The molecule has 0 heterocycles. The Kier molecular flexibility index (Phi) is 9.36. The summed E-state index contributed by atoms with van der Waals surface area (Å²) in [6, 6.07) is 7.25. The highest BCUT2D eigenvalue weighted by atomic mass is 31.2. The maximum atomic E-state index is 12.0. The van der Waals surface area contributed by atoms with E-state index in [1.165, 1.54) is 19.3 Å². The van der Waals surface area contributed by atoms with Gasteiger partial charge < -0.3 is 14.5 Å². The molecule has 2 N–H and O–H groups in total. The van der Waals surface area contributed by atoms with Crippen molar-refractivity contribution in [3.05, 3.63) is 29.8 Å². The Balaban J connectivity index is 2.59. The van der Waals surface area contributed by atoms with Gasteiger partial charge in [-0.05, 0) is 48.8 Å². The van der Waals surface area contributed by atoms with E-state index in [4.69, 9.17) is 4.74 Å². The molecule has 0 aromatic heterocycles. The normalized spacial score (nSPS) is 13.8. The van der Waals surface area contributed by atoms with Crippen LogP contribution in [-0.4, -0.2) is 16.4 Å². The van der Waals surface area contributed by atoms with Gasteiger partial charge in [0.15, 0.2) is 0 Å². The van der Waals surface area contributed by atoms with Crippen LogP contribution in [-0.2, 0) is 9.72 Å². The zero-order valence-electron chi connectivity index (χ0n) is 17.1. The molecule has 1 rings (SSSR count). The lowest BCUT2D eigenvalue weighted by atomic mass is 9.92. The Labute approximate surface area is 159 Å². The zero-order valence-corrected chi connectivity index (χ0v) is 18.0. The minimum atomic E-state index is -4.24. The van der Waals surface area contributed by atoms with E-state index in [2.05, 4.69) is 20.8 Å². The largest absolute Gasteiger partial charge is 0.494 e. The molecule has 1 atom stereocenters. The van der Waals surface area contributed by atoms with E-state index in [-0.39, 0.29) is 0 Å². The fourth-order valence-electron chi connectivity index (χ4n) is 3.50. The molecular formula is C21H37O4P. The van der Waals surface area contributed by atoms with Gasteiger partial charge in [0.1, 0.15) is 5.75 Å². The Hall–Kier alpha value is -0.830. The van der Waals surface area contributed by atoms with Crippen LogP contribution in [0.25, 0.3) is 0 Å². The summed E-state index contributed by atoms with van der Waals surface area (Å²) in [5, 5.41) is -1.10. The predicted octanol–water partition coefficient (Wildman–Crippen LogP) is 6.11. The summed E-state index contributed by atoms with van der Waals surface area (Å²) in [6.45, 7) is 11.1. The Morgan fingerprint density at radius 1 is 1.00 bits per heavy atom. The molecule has 5 heteroatoms. The second-order valence-corrected chi connectivity index (χ2v) is 9.82. The van der Waals surface area contributed by atoms with Crippen molar-refractivity contribution in [2.45, 2.75) is 78.3 Å². The summed E-state index contributed by atoms with van der Waals surface area (Å²) in [6.07, 6.45) is 5.62. The van der Waals surface area contributed by atoms with Gasteiger partial charge in [0.25, 0.3) is 0 Å². The molecule has 0 amide bonds. The summed E-state index contributed by atoms with van der Waals surface area (Å²) in [7, 11) is -4.24. The molecule has 0 fully saturated rings. The van der Waals surface area contributed by atoms with E-state index in [9.17, 15) is 14.4 Å². The molecule has 26 heavy (non-hydrogen) atoms. The summed E-state index contributed by atoms with van der Waals surface area (Å²) in [5.74, 6) is 2.17. The van der Waals surface area contributed by atoms with Crippen molar-refractivity contribution < 1.29 is 19.1 Å². The van der Waals surface area contributed by atoms with Crippen LogP contribution in [0.2, 0.25) is 0 Å². The van der Waals surface area contributed by atoms with Gasteiger partial charge >= 0.3 is 7.60 Å². The van der Waals surface area contributed by atoms with Crippen LogP contribution in [0.3, 0.4) is 0 Å². The second-order valence-electron chi connectivity index (χ2n) is 7.87. The first-order chi connectivity index (χ1) is 12.2. The lowest BCUT2D eigenvalue weighted by Crippen LogP contribution is -2.24. The third-order valence-electron chi connectivity index (χ3n) is 5.48. The van der Waals surface area contributed by atoms with Gasteiger partial charge in [-0.15, -0.1) is 0 Å². The highest BCUT2D eigenvalue weighted by molar-refractivity contribution is 7.53. The van der Waals surface area contributed by atoms with Gasteiger partial charge in [0.2, 0.25) is 0 Å². The van der Waals surface area contributed by atoms with Crippen molar-refractivity contribution in [2.24, 2.45) is 11.8 Å². The second kappa shape index (κ2) is 10.5. The highest BCUT2D eigenvalue weighted by Gasteiger charge is 2.45. The minimum absolute atomic E-state index is 0.405. The number of ether oxygens (including phenoxy) is 1. The monoisotopic (exact) mass is 384 g/mol. The molecule has 0 aliphatic rings. The molecule has 0 spiro atoms. The molecule has 0 bridgehead atoms. The maximum absolute atomic E-state index is 12.0. The van der Waals surface area contributed by atoms with Crippen LogP contribution < -0.4 is 4.74 Å². The molecule has 0 radical (unpaired) electrons. The van der Waals surface area contributed by atoms with E-state index in [0.717, 1.165) is 18.1 Å². The number of hydrogen-bond donors (Lipinski definition) is 2. The van der Waals surface area contributed by atoms with Gasteiger partial charge in [-0.1, -0.05) is 66.0 Å². The summed E-state index contributed by atoms with van der Waals surface area (Å²) in [5.41, 5.74) is 0.685. The molecule has 0 aliphatic heterocycles. The van der Waals surface area contributed by atoms with E-state index < -0.39 is 12.8 Å². The molecule has 0 aliphatic carbocycles. The summed E-state index contributed by atoms with van der Waals surface area (Å²) >= 11 is 0. The van der Waals surface area contributed by atoms with E-state index in [0.29, 0.717) is 30.9 Å². The molecular weight excluding hydrogens is 347 g/mol. The van der Waals surface area contributed by atoms with Crippen molar-refractivity contribution >= 4 is 7.60 Å². The fraction of sp³-hybridized carbons (Fsp3) is 0.714. The van der Waals surface area contributed by atoms with Gasteiger partial charge in [-0.25, -0.2) is 0 Å². The molecule has 1 aromatic carbocycles. The smallest absolute Gasteiger partial charge is 0.335 e. The van der Waals surface area contributed by atoms with Crippen LogP contribution in [0.5, 0.6) is 5.75 Å². The van der Waals surface area contributed by atoms with Crippen molar-refractivity contribution in [3.8, 4) is 5.75 Å². The van der Waals surface area contributed by atoms with Crippen LogP contribution in [0.15, 0.2) is 24.3 Å². The average Bonchev–Trinajstić information content (AvgIpc) is 2.56. The van der Waals surface area contributed by atoms with E-state index in [1.807, 2.05) is 26.0 Å². The van der Waals surface area contributed by atoms with Gasteiger partial charge in [0, 0.05) is 0 Å². The topological polar surface area (TPSA) is 66.8 Å². The molecule has 0 saturated heterocycles. The van der Waals surface area contributed by atoms with Gasteiger partial charge in [0.05, 0.1) is 11.8 Å². The Bertz CT molecular complexity index is 558. The number of benzene rings is 1. The first-order valence-corrected chi connectivity index (χ1v) is 11.6. The standard InChI is InChI=1S/C21H37O4P/c1-6-21(7-2,26(22,23)24)19-11-13-20(14-12-19)25-16-15-18(5)10-8-9-17(3)4/h11-14,17-18H,6-10,15-16H2,1-5H3,(H2,22,23,24). The molecule has 0 saturated carbocycles. The van der Waals surface area contributed by atoms with Crippen LogP contribution in [0.4, 0.5) is 0 Å². The Morgan fingerprint density at radius 2 is 1.58 bits per heavy atom. The minimum Gasteiger partial charge on any atom is -0.494 e. The SMILES string of the molecule is CCC(CC)(c1ccc(OCCC(C)CCCC(C)C)cc1)P(=O)(O)O. The third-order valence-corrected chi connectivity index (χ3v) is 7.48. The third kappa shape index (κ3) is 6.40. The zero-order chi connectivity index (χ0) is 19.8. The molecule has 1 unspecified atom stereocenters. The van der Waals surface area contributed by atoms with Crippen LogP contribution >= 0.6 is 7.60 Å². The van der Waals surface area contributed by atoms with Crippen molar-refractivity contribution in [1.82, 2.24) is 0 Å². The molecule has 4 nitrogen and oxygen atoms in total. The summed E-state index contributed by atoms with van der Waals surface area (Å²) in [4.78, 5) is 19.7. The van der Waals surface area contributed by atoms with Crippen molar-refractivity contribution in [3.63, 3.8) is 0 Å². The number of rotatable bonds is 12. The number of hydrogen-bond acceptors (Lipinski definition) is 2. The lowest BCUT2D eigenvalue weighted by molar-refractivity contribution is 0.275. The van der Waals surface area contributed by atoms with E-state index >= 15 is 0 Å². The van der Waals surface area contributed by atoms with Crippen molar-refractivity contribution in [2.75, 3.05) is 6.61 Å². The van der Waals surface area contributed by atoms with E-state index in [1.54, 1.807) is 12.1 Å².